The summed E-state index contributed by atoms with van der Waals surface area (Å²) in [5, 5.41) is 29.9. The van der Waals surface area contributed by atoms with Crippen molar-refractivity contribution in [3.8, 4) is 64.2 Å². The minimum absolute atomic E-state index is 0.0505. The lowest BCUT2D eigenvalue weighted by molar-refractivity contribution is 0.443. The molecular formula is C33H21N5O4. The molecule has 0 unspecified atom stereocenters. The number of hydrogen-bond donors (Lipinski definition) is 2. The second kappa shape index (κ2) is 12.0. The maximum absolute atomic E-state index is 10.0. The molecule has 4 N–H and O–H groups in total. The highest BCUT2D eigenvalue weighted by Crippen LogP contribution is 2.40. The van der Waals surface area contributed by atoms with Crippen LogP contribution in [0.3, 0.4) is 0 Å². The third kappa shape index (κ3) is 5.84. The zero-order chi connectivity index (χ0) is 29.5. The summed E-state index contributed by atoms with van der Waals surface area (Å²) in [6.07, 6.45) is 0. The van der Waals surface area contributed by atoms with Crippen LogP contribution in [0.2, 0.25) is 0 Å². The molecule has 0 atom stereocenters. The number of rotatable bonds is 8. The van der Waals surface area contributed by atoms with Crippen molar-refractivity contribution in [2.45, 2.75) is 0 Å². The fourth-order valence-corrected chi connectivity index (χ4v) is 4.02. The van der Waals surface area contributed by atoms with Crippen molar-refractivity contribution >= 4 is 11.4 Å². The maximum atomic E-state index is 10.0. The Morgan fingerprint density at radius 1 is 0.405 bits per heavy atom. The van der Waals surface area contributed by atoms with Gasteiger partial charge in [-0.3, -0.25) is 0 Å². The molecule has 0 spiro atoms. The highest BCUT2D eigenvalue weighted by molar-refractivity contribution is 5.61. The molecule has 9 heteroatoms. The molecule has 0 aliphatic rings. The van der Waals surface area contributed by atoms with Gasteiger partial charge in [-0.15, -0.1) is 0 Å². The molecular weight excluding hydrogens is 530 g/mol. The quantitative estimate of drug-likeness (QED) is 0.185. The molecule has 5 aromatic carbocycles. The van der Waals surface area contributed by atoms with E-state index in [-0.39, 0.29) is 51.2 Å². The van der Waals surface area contributed by atoms with Crippen LogP contribution in [0.4, 0.5) is 11.4 Å². The summed E-state index contributed by atoms with van der Waals surface area (Å²) < 4.78 is 23.9. The van der Waals surface area contributed by atoms with Gasteiger partial charge in [0.1, 0.15) is 80.9 Å². The van der Waals surface area contributed by atoms with Gasteiger partial charge in [-0.1, -0.05) is 30.3 Å². The monoisotopic (exact) mass is 551 g/mol. The van der Waals surface area contributed by atoms with Gasteiger partial charge in [-0.2, -0.15) is 15.8 Å². The van der Waals surface area contributed by atoms with E-state index in [1.807, 2.05) is 0 Å². The predicted molar refractivity (Wildman–Crippen MR) is 155 cm³/mol. The summed E-state index contributed by atoms with van der Waals surface area (Å²) in [6, 6.07) is 34.4. The first-order valence-corrected chi connectivity index (χ1v) is 12.5. The van der Waals surface area contributed by atoms with Gasteiger partial charge in [0, 0.05) is 23.5 Å². The molecule has 0 saturated carbocycles. The SMILES string of the molecule is N#Cc1c(Oc2cccc(N)c2)cccc1Oc1cccc(Oc2cccc(Oc3cccc(N)c3)c2C#N)c1C#N. The van der Waals surface area contributed by atoms with Crippen LogP contribution in [0, 0.1) is 34.0 Å². The normalized spacial score (nSPS) is 10.0. The van der Waals surface area contributed by atoms with Gasteiger partial charge in [-0.05, 0) is 60.7 Å². The van der Waals surface area contributed by atoms with Crippen molar-refractivity contribution in [1.82, 2.24) is 0 Å². The third-order valence-electron chi connectivity index (χ3n) is 5.91. The lowest BCUT2D eigenvalue weighted by atomic mass is 10.1. The summed E-state index contributed by atoms with van der Waals surface area (Å²) >= 11 is 0. The lowest BCUT2D eigenvalue weighted by Gasteiger charge is -2.15. The van der Waals surface area contributed by atoms with Gasteiger partial charge < -0.3 is 30.4 Å². The van der Waals surface area contributed by atoms with Crippen molar-refractivity contribution < 1.29 is 18.9 Å². The Morgan fingerprint density at radius 2 is 0.690 bits per heavy atom. The largest absolute Gasteiger partial charge is 0.456 e. The summed E-state index contributed by atoms with van der Waals surface area (Å²) in [4.78, 5) is 0. The first-order chi connectivity index (χ1) is 20.5. The molecule has 42 heavy (non-hydrogen) atoms. The van der Waals surface area contributed by atoms with Gasteiger partial charge in [0.2, 0.25) is 0 Å². The smallest absolute Gasteiger partial charge is 0.149 e. The predicted octanol–water partition coefficient (Wildman–Crippen LogP) is 7.64. The number of anilines is 2. The number of ether oxygens (including phenoxy) is 4. The summed E-state index contributed by atoms with van der Waals surface area (Å²) in [7, 11) is 0. The second-order valence-electron chi connectivity index (χ2n) is 8.78. The van der Waals surface area contributed by atoms with E-state index in [1.165, 1.54) is 0 Å². The van der Waals surface area contributed by atoms with Crippen LogP contribution in [0.25, 0.3) is 0 Å². The van der Waals surface area contributed by atoms with E-state index >= 15 is 0 Å². The number of hydrogen-bond acceptors (Lipinski definition) is 9. The molecule has 0 radical (unpaired) electrons. The van der Waals surface area contributed by atoms with Crippen LogP contribution in [-0.2, 0) is 0 Å². The summed E-state index contributed by atoms with van der Waals surface area (Å²) in [6.45, 7) is 0. The standard InChI is InChI=1S/C33H21N5O4/c34-18-25-28(39-23-8-1-6-21(37)16-23)10-3-12-30(25)41-32-14-5-15-33(27(32)20-36)42-31-13-4-11-29(26(31)19-35)40-24-9-2-7-22(38)17-24/h1-17H,37-38H2. The average Bonchev–Trinajstić information content (AvgIpc) is 2.98. The molecule has 0 bridgehead atoms. The Labute approximate surface area is 241 Å². The molecule has 0 fully saturated rings. The van der Waals surface area contributed by atoms with Crippen LogP contribution in [0.1, 0.15) is 16.7 Å². The average molecular weight is 552 g/mol. The zero-order valence-corrected chi connectivity index (χ0v) is 21.9. The lowest BCUT2D eigenvalue weighted by Crippen LogP contribution is -1.98. The second-order valence-corrected chi connectivity index (χ2v) is 8.78. The van der Waals surface area contributed by atoms with Crippen LogP contribution in [-0.4, -0.2) is 0 Å². The topological polar surface area (TPSA) is 160 Å². The molecule has 5 rings (SSSR count). The fraction of sp³-hybridized carbons (Fsp3) is 0. The maximum Gasteiger partial charge on any atom is 0.149 e. The van der Waals surface area contributed by atoms with Crippen molar-refractivity contribution in [2.24, 2.45) is 0 Å². The molecule has 0 aromatic heterocycles. The van der Waals surface area contributed by atoms with E-state index in [2.05, 4.69) is 18.2 Å². The number of nitrogen functional groups attached to an aromatic ring is 2. The van der Waals surface area contributed by atoms with E-state index in [1.54, 1.807) is 103 Å². The van der Waals surface area contributed by atoms with E-state index in [0.29, 0.717) is 22.9 Å². The first-order valence-electron chi connectivity index (χ1n) is 12.5. The van der Waals surface area contributed by atoms with Crippen LogP contribution in [0.5, 0.6) is 46.0 Å². The minimum Gasteiger partial charge on any atom is -0.456 e. The van der Waals surface area contributed by atoms with Crippen LogP contribution >= 0.6 is 0 Å². The Hall–Kier alpha value is -6.63. The molecule has 0 saturated heterocycles. The number of benzene rings is 5. The van der Waals surface area contributed by atoms with Gasteiger partial charge >= 0.3 is 0 Å². The van der Waals surface area contributed by atoms with Crippen LogP contribution in [0.15, 0.2) is 103 Å². The minimum atomic E-state index is 0.0505. The van der Waals surface area contributed by atoms with E-state index < -0.39 is 0 Å². The van der Waals surface area contributed by atoms with E-state index in [0.717, 1.165) is 0 Å². The number of nitrogens with two attached hydrogens (primary N) is 2. The van der Waals surface area contributed by atoms with E-state index in [9.17, 15) is 15.8 Å². The van der Waals surface area contributed by atoms with Crippen LogP contribution < -0.4 is 30.4 Å². The Balaban J connectivity index is 1.45. The Bertz CT molecular complexity index is 1790. The molecule has 0 heterocycles. The Kier molecular flexibility index (Phi) is 7.73. The van der Waals surface area contributed by atoms with Crippen molar-refractivity contribution in [3.63, 3.8) is 0 Å². The van der Waals surface area contributed by atoms with Gasteiger partial charge in [0.15, 0.2) is 0 Å². The molecule has 0 aliphatic heterocycles. The van der Waals surface area contributed by atoms with Gasteiger partial charge in [0.25, 0.3) is 0 Å². The molecule has 9 nitrogen and oxygen atoms in total. The molecule has 0 amide bonds. The Morgan fingerprint density at radius 3 is 0.976 bits per heavy atom. The molecule has 202 valence electrons. The fourth-order valence-electron chi connectivity index (χ4n) is 4.02. The number of nitrogens with zero attached hydrogens (tertiary/aromatic N) is 3. The number of nitriles is 3. The first kappa shape index (κ1) is 27.0. The van der Waals surface area contributed by atoms with Crippen molar-refractivity contribution in [2.75, 3.05) is 11.5 Å². The van der Waals surface area contributed by atoms with Gasteiger partial charge in [-0.25, -0.2) is 0 Å². The molecule has 5 aromatic rings. The molecule has 0 aliphatic carbocycles. The van der Waals surface area contributed by atoms with Crippen molar-refractivity contribution in [1.29, 1.82) is 15.8 Å². The van der Waals surface area contributed by atoms with Crippen molar-refractivity contribution in [3.05, 3.63) is 120 Å². The van der Waals surface area contributed by atoms with Gasteiger partial charge in [0.05, 0.1) is 0 Å². The highest BCUT2D eigenvalue weighted by atomic mass is 16.5. The summed E-state index contributed by atoms with van der Waals surface area (Å²) in [5.74, 6) is 2.02. The summed E-state index contributed by atoms with van der Waals surface area (Å²) in [5.41, 5.74) is 13.0. The van der Waals surface area contributed by atoms with E-state index in [4.69, 9.17) is 30.4 Å². The zero-order valence-electron chi connectivity index (χ0n) is 21.9. The third-order valence-corrected chi connectivity index (χ3v) is 5.91. The highest BCUT2D eigenvalue weighted by Gasteiger charge is 2.19.